The lowest BCUT2D eigenvalue weighted by molar-refractivity contribution is -0.695. The van der Waals surface area contributed by atoms with Crippen molar-refractivity contribution in [3.8, 4) is 0 Å². The van der Waals surface area contributed by atoms with E-state index in [-0.39, 0.29) is 24.0 Å². The Morgan fingerprint density at radius 1 is 1.07 bits per heavy atom. The van der Waals surface area contributed by atoms with Crippen LogP contribution in [0.3, 0.4) is 0 Å². The number of benzene rings is 2. The average molecular weight is 394 g/mol. The molecule has 0 spiro atoms. The van der Waals surface area contributed by atoms with Gasteiger partial charge in [-0.3, -0.25) is 9.59 Å². The monoisotopic (exact) mass is 394 g/mol. The molecule has 2 aliphatic rings. The molecule has 2 heterocycles. The van der Waals surface area contributed by atoms with Gasteiger partial charge in [-0.2, -0.15) is 0 Å². The minimum Gasteiger partial charge on any atom is -0.376 e. The summed E-state index contributed by atoms with van der Waals surface area (Å²) in [5.41, 5.74) is 3.25. The third kappa shape index (κ3) is 4.83. The molecule has 6 heteroatoms. The van der Waals surface area contributed by atoms with Crippen LogP contribution in [0.15, 0.2) is 54.6 Å². The van der Waals surface area contributed by atoms with Gasteiger partial charge in [-0.1, -0.05) is 54.6 Å². The molecule has 1 saturated heterocycles. The van der Waals surface area contributed by atoms with Gasteiger partial charge in [-0.15, -0.1) is 0 Å². The molecule has 2 aromatic carbocycles. The van der Waals surface area contributed by atoms with E-state index in [1.807, 2.05) is 47.8 Å². The van der Waals surface area contributed by atoms with E-state index in [0.717, 1.165) is 31.6 Å². The molecule has 0 aliphatic carbocycles. The normalized spacial score (nSPS) is 21.8. The fourth-order valence-corrected chi connectivity index (χ4v) is 4.06. The van der Waals surface area contributed by atoms with Crippen LogP contribution in [0, 0.1) is 0 Å². The van der Waals surface area contributed by atoms with Crippen molar-refractivity contribution in [2.45, 2.75) is 44.0 Å². The van der Waals surface area contributed by atoms with E-state index in [9.17, 15) is 9.59 Å². The van der Waals surface area contributed by atoms with Crippen LogP contribution in [0.1, 0.15) is 35.6 Å². The first-order valence-electron chi connectivity index (χ1n) is 10.4. The molecule has 4 rings (SSSR count). The number of quaternary nitrogens is 1. The summed E-state index contributed by atoms with van der Waals surface area (Å²) in [5, 5.41) is 7.99. The number of nitrogens with one attached hydrogen (secondary N) is 2. The Morgan fingerprint density at radius 3 is 2.59 bits per heavy atom. The van der Waals surface area contributed by atoms with Crippen molar-refractivity contribution in [3.63, 3.8) is 0 Å². The summed E-state index contributed by atoms with van der Waals surface area (Å²) in [6, 6.07) is 16.7. The summed E-state index contributed by atoms with van der Waals surface area (Å²) in [5.74, 6) is -0.308. The molecule has 0 radical (unpaired) electrons. The molecular formula is C23H28N3O3+. The van der Waals surface area contributed by atoms with E-state index in [0.29, 0.717) is 13.0 Å². The fraction of sp³-hybridized carbons (Fsp3) is 0.391. The summed E-state index contributed by atoms with van der Waals surface area (Å²) >= 11 is 0. The van der Waals surface area contributed by atoms with Crippen molar-refractivity contribution >= 4 is 11.8 Å². The van der Waals surface area contributed by atoms with Crippen LogP contribution < -0.4 is 16.0 Å². The fourth-order valence-electron chi connectivity index (χ4n) is 4.06. The number of ether oxygens (including phenoxy) is 1. The zero-order valence-electron chi connectivity index (χ0n) is 16.5. The van der Waals surface area contributed by atoms with E-state index in [1.54, 1.807) is 0 Å². The van der Waals surface area contributed by atoms with Crippen LogP contribution in [0.5, 0.6) is 0 Å². The number of hydrogen-bond acceptors (Lipinski definition) is 3. The first kappa shape index (κ1) is 19.6. The van der Waals surface area contributed by atoms with Crippen molar-refractivity contribution in [2.24, 2.45) is 0 Å². The molecule has 1 fully saturated rings. The highest BCUT2D eigenvalue weighted by atomic mass is 16.5. The molecule has 2 aliphatic heterocycles. The molecule has 3 atom stereocenters. The molecule has 4 N–H and O–H groups in total. The van der Waals surface area contributed by atoms with E-state index in [4.69, 9.17) is 4.74 Å². The lowest BCUT2D eigenvalue weighted by atomic mass is 9.95. The minimum absolute atomic E-state index is 0.0641. The average Bonchev–Trinajstić information content (AvgIpc) is 3.29. The van der Waals surface area contributed by atoms with Crippen molar-refractivity contribution in [1.29, 1.82) is 0 Å². The first-order valence-corrected chi connectivity index (χ1v) is 10.4. The Morgan fingerprint density at radius 2 is 1.83 bits per heavy atom. The summed E-state index contributed by atoms with van der Waals surface area (Å²) in [7, 11) is 0. The van der Waals surface area contributed by atoms with Crippen LogP contribution >= 0.6 is 0 Å². The van der Waals surface area contributed by atoms with Crippen LogP contribution in [-0.4, -0.2) is 37.1 Å². The molecular weight excluding hydrogens is 366 g/mol. The number of nitrogens with two attached hydrogens (primary N) is 1. The molecule has 0 saturated carbocycles. The third-order valence-electron chi connectivity index (χ3n) is 5.73. The molecule has 152 valence electrons. The highest BCUT2D eigenvalue weighted by Gasteiger charge is 2.32. The second kappa shape index (κ2) is 9.20. The smallest absolute Gasteiger partial charge is 0.279 e. The maximum absolute atomic E-state index is 13.0. The highest BCUT2D eigenvalue weighted by molar-refractivity contribution is 5.90. The topological polar surface area (TPSA) is 84.0 Å². The molecule has 29 heavy (non-hydrogen) atoms. The molecule has 0 unspecified atom stereocenters. The van der Waals surface area contributed by atoms with Crippen molar-refractivity contribution < 1.29 is 19.6 Å². The van der Waals surface area contributed by atoms with Crippen LogP contribution in [0.2, 0.25) is 0 Å². The Kier molecular flexibility index (Phi) is 6.22. The van der Waals surface area contributed by atoms with Crippen LogP contribution in [0.25, 0.3) is 0 Å². The van der Waals surface area contributed by atoms with Gasteiger partial charge in [0.2, 0.25) is 5.91 Å². The number of amides is 2. The Labute approximate surface area is 171 Å². The molecule has 0 bridgehead atoms. The van der Waals surface area contributed by atoms with Gasteiger partial charge in [0.05, 0.1) is 6.10 Å². The third-order valence-corrected chi connectivity index (χ3v) is 5.73. The van der Waals surface area contributed by atoms with Crippen molar-refractivity contribution in [2.75, 3.05) is 13.2 Å². The second-order valence-corrected chi connectivity index (χ2v) is 7.75. The van der Waals surface area contributed by atoms with Gasteiger partial charge >= 0.3 is 0 Å². The van der Waals surface area contributed by atoms with Crippen molar-refractivity contribution in [1.82, 2.24) is 10.6 Å². The van der Waals surface area contributed by atoms with Gasteiger partial charge in [0.1, 0.15) is 12.6 Å². The van der Waals surface area contributed by atoms with E-state index in [1.165, 1.54) is 11.1 Å². The van der Waals surface area contributed by atoms with Gasteiger partial charge in [-0.05, 0) is 24.0 Å². The number of fused-ring (bicyclic) bond motifs is 1. The summed E-state index contributed by atoms with van der Waals surface area (Å²) < 4.78 is 5.59. The number of carbonyl (C=O) groups excluding carboxylic acids is 2. The minimum atomic E-state index is -0.712. The second-order valence-electron chi connectivity index (χ2n) is 7.75. The quantitative estimate of drug-likeness (QED) is 0.679. The summed E-state index contributed by atoms with van der Waals surface area (Å²) in [6.45, 7) is 1.99. The van der Waals surface area contributed by atoms with Gasteiger partial charge < -0.3 is 20.7 Å². The van der Waals surface area contributed by atoms with Gasteiger partial charge in [0.15, 0.2) is 6.04 Å². The van der Waals surface area contributed by atoms with Crippen molar-refractivity contribution in [3.05, 3.63) is 71.3 Å². The Bertz CT molecular complexity index is 849. The SMILES string of the molecule is O=C(N[C@@H](C(=O)NC[C@H]1CCCO1)c1ccccc1)[C@@H]1Cc2ccccc2C[NH2+]1. The molecule has 6 nitrogen and oxygen atoms in total. The molecule has 0 aromatic heterocycles. The summed E-state index contributed by atoms with van der Waals surface area (Å²) in [6.07, 6.45) is 2.72. The predicted octanol–water partition coefficient (Wildman–Crippen LogP) is 0.827. The van der Waals surface area contributed by atoms with Gasteiger partial charge in [-0.25, -0.2) is 0 Å². The van der Waals surface area contributed by atoms with E-state index >= 15 is 0 Å². The lowest BCUT2D eigenvalue weighted by Crippen LogP contribution is -2.93. The Balaban J connectivity index is 1.43. The number of rotatable bonds is 6. The predicted molar refractivity (Wildman–Crippen MR) is 109 cm³/mol. The standard InChI is InChI=1S/C23H27N3O3/c27-22(20-13-17-9-4-5-10-18(17)14-24-20)26-21(16-7-2-1-3-8-16)23(28)25-15-19-11-6-12-29-19/h1-5,7-10,19-21,24H,6,11-15H2,(H,25,28)(H,26,27)/p+1/t19-,20+,21-/m1/s1. The summed E-state index contributed by atoms with van der Waals surface area (Å²) in [4.78, 5) is 25.9. The first-order chi connectivity index (χ1) is 14.2. The zero-order valence-corrected chi connectivity index (χ0v) is 16.5. The molecule has 2 aromatic rings. The number of carbonyl (C=O) groups is 2. The maximum Gasteiger partial charge on any atom is 0.279 e. The lowest BCUT2D eigenvalue weighted by Gasteiger charge is -2.25. The van der Waals surface area contributed by atoms with Crippen LogP contribution in [0.4, 0.5) is 0 Å². The van der Waals surface area contributed by atoms with E-state index in [2.05, 4.69) is 22.8 Å². The van der Waals surface area contributed by atoms with Gasteiger partial charge in [0, 0.05) is 25.1 Å². The largest absolute Gasteiger partial charge is 0.376 e. The van der Waals surface area contributed by atoms with Crippen LogP contribution in [-0.2, 0) is 27.3 Å². The maximum atomic E-state index is 13.0. The molecule has 2 amide bonds. The Hall–Kier alpha value is -2.70. The van der Waals surface area contributed by atoms with E-state index < -0.39 is 6.04 Å². The van der Waals surface area contributed by atoms with Gasteiger partial charge in [0.25, 0.3) is 5.91 Å². The zero-order chi connectivity index (χ0) is 20.1. The number of hydrogen-bond donors (Lipinski definition) is 3. The highest BCUT2D eigenvalue weighted by Crippen LogP contribution is 2.17.